The predicted molar refractivity (Wildman–Crippen MR) is 239 cm³/mol. The Morgan fingerprint density at radius 1 is 0.304 bits per heavy atom. The number of fused-ring (bicyclic) bond motifs is 8. The molecular formula is C54H36N2. The summed E-state index contributed by atoms with van der Waals surface area (Å²) in [6, 6.07) is 79.4. The monoisotopic (exact) mass is 712 g/mol. The number of nitrogens with zero attached hydrogens (tertiary/aromatic N) is 2. The lowest BCUT2D eigenvalue weighted by molar-refractivity contribution is 1.18. The van der Waals surface area contributed by atoms with Crippen molar-refractivity contribution in [1.29, 1.82) is 0 Å². The quantitative estimate of drug-likeness (QED) is 0.156. The first-order valence-corrected chi connectivity index (χ1v) is 19.3. The van der Waals surface area contributed by atoms with E-state index in [-0.39, 0.29) is 0 Å². The second-order valence-electron chi connectivity index (χ2n) is 14.5. The third kappa shape index (κ3) is 5.26. The van der Waals surface area contributed by atoms with Crippen LogP contribution in [-0.4, -0.2) is 4.57 Å². The van der Waals surface area contributed by atoms with Crippen LogP contribution in [0.25, 0.3) is 82.1 Å². The Labute approximate surface area is 325 Å². The van der Waals surface area contributed by atoms with Crippen molar-refractivity contribution in [2.24, 2.45) is 0 Å². The average molecular weight is 713 g/mol. The van der Waals surface area contributed by atoms with E-state index in [4.69, 9.17) is 0 Å². The molecule has 2 nitrogen and oxygen atoms in total. The number of hydrogen-bond donors (Lipinski definition) is 0. The SMILES string of the molecule is c1ccc(-c2cccc(N(c3ccc(-c4cc5ccc6ccccc6c5c5ccccc45)cc3)c3ccc4c(c3)c3ccccc3n4-c3ccccc3)c2)cc1. The van der Waals surface area contributed by atoms with Crippen LogP contribution in [0.1, 0.15) is 0 Å². The van der Waals surface area contributed by atoms with E-state index in [2.05, 4.69) is 228 Å². The molecule has 0 aliphatic heterocycles. The highest BCUT2D eigenvalue weighted by molar-refractivity contribution is 6.23. The Morgan fingerprint density at radius 2 is 0.911 bits per heavy atom. The Kier molecular flexibility index (Phi) is 7.53. The van der Waals surface area contributed by atoms with Gasteiger partial charge in [-0.25, -0.2) is 0 Å². The highest BCUT2D eigenvalue weighted by atomic mass is 15.1. The number of para-hydroxylation sites is 2. The number of aromatic nitrogens is 1. The van der Waals surface area contributed by atoms with Gasteiger partial charge >= 0.3 is 0 Å². The molecule has 0 aliphatic carbocycles. The second kappa shape index (κ2) is 13.2. The maximum absolute atomic E-state index is 2.40. The molecule has 0 amide bonds. The molecule has 0 radical (unpaired) electrons. The van der Waals surface area contributed by atoms with Crippen molar-refractivity contribution in [2.75, 3.05) is 4.90 Å². The molecule has 0 aliphatic rings. The standard InChI is InChI=1S/C54H36N2/c1-3-14-37(15-4-1)40-17-13-20-44(34-40)55(45-32-33-53-51(36-45)48-23-11-12-25-52(48)56(53)42-18-5-2-6-19-42)43-30-28-39(29-31-43)50-35-41-27-26-38-16-7-8-21-46(38)54(41)49-24-10-9-22-47(49)50/h1-36H. The van der Waals surface area contributed by atoms with Gasteiger partial charge in [-0.1, -0.05) is 152 Å². The van der Waals surface area contributed by atoms with Gasteiger partial charge in [0.15, 0.2) is 0 Å². The van der Waals surface area contributed by atoms with Crippen LogP contribution in [0.2, 0.25) is 0 Å². The highest BCUT2D eigenvalue weighted by Crippen LogP contribution is 2.43. The van der Waals surface area contributed by atoms with Crippen molar-refractivity contribution in [3.05, 3.63) is 218 Å². The summed E-state index contributed by atoms with van der Waals surface area (Å²) in [5.41, 5.74) is 11.7. The predicted octanol–water partition coefficient (Wildman–Crippen LogP) is 15.0. The average Bonchev–Trinajstić information content (AvgIpc) is 3.61. The van der Waals surface area contributed by atoms with E-state index in [0.717, 1.165) is 22.7 Å². The van der Waals surface area contributed by atoms with Gasteiger partial charge in [0.25, 0.3) is 0 Å². The molecule has 1 heterocycles. The third-order valence-electron chi connectivity index (χ3n) is 11.3. The molecule has 0 saturated heterocycles. The molecule has 0 unspecified atom stereocenters. The van der Waals surface area contributed by atoms with Crippen LogP contribution >= 0.6 is 0 Å². The Morgan fingerprint density at radius 3 is 1.73 bits per heavy atom. The lowest BCUT2D eigenvalue weighted by Crippen LogP contribution is -2.10. The molecule has 0 fully saturated rings. The summed E-state index contributed by atoms with van der Waals surface area (Å²) in [4.78, 5) is 2.40. The van der Waals surface area contributed by atoms with Gasteiger partial charge in [-0.2, -0.15) is 0 Å². The van der Waals surface area contributed by atoms with Crippen molar-refractivity contribution in [2.45, 2.75) is 0 Å². The fraction of sp³-hybridized carbons (Fsp3) is 0. The van der Waals surface area contributed by atoms with Crippen molar-refractivity contribution < 1.29 is 0 Å². The summed E-state index contributed by atoms with van der Waals surface area (Å²) in [6.07, 6.45) is 0. The Hall–Kier alpha value is -7.42. The van der Waals surface area contributed by atoms with Crippen LogP contribution in [0.4, 0.5) is 17.1 Å². The first kappa shape index (κ1) is 32.0. The molecule has 10 aromatic carbocycles. The number of hydrogen-bond acceptors (Lipinski definition) is 1. The number of benzene rings is 10. The first-order chi connectivity index (χ1) is 27.8. The summed E-state index contributed by atoms with van der Waals surface area (Å²) < 4.78 is 2.38. The van der Waals surface area contributed by atoms with Crippen molar-refractivity contribution in [1.82, 2.24) is 4.57 Å². The minimum Gasteiger partial charge on any atom is -0.310 e. The largest absolute Gasteiger partial charge is 0.310 e. The minimum atomic E-state index is 1.10. The van der Waals surface area contributed by atoms with E-state index in [1.807, 2.05) is 0 Å². The van der Waals surface area contributed by atoms with Gasteiger partial charge in [0.05, 0.1) is 11.0 Å². The van der Waals surface area contributed by atoms with Crippen molar-refractivity contribution in [3.63, 3.8) is 0 Å². The molecule has 2 heteroatoms. The van der Waals surface area contributed by atoms with Gasteiger partial charge < -0.3 is 9.47 Å². The summed E-state index contributed by atoms with van der Waals surface area (Å²) >= 11 is 0. The molecule has 56 heavy (non-hydrogen) atoms. The van der Waals surface area contributed by atoms with Crippen molar-refractivity contribution in [3.8, 4) is 27.9 Å². The van der Waals surface area contributed by atoms with Crippen molar-refractivity contribution >= 4 is 71.2 Å². The summed E-state index contributed by atoms with van der Waals surface area (Å²) in [5.74, 6) is 0. The fourth-order valence-electron chi connectivity index (χ4n) is 8.77. The van der Waals surface area contributed by atoms with Crippen LogP contribution in [0.3, 0.4) is 0 Å². The summed E-state index contributed by atoms with van der Waals surface area (Å²) in [6.45, 7) is 0. The zero-order valence-corrected chi connectivity index (χ0v) is 30.7. The number of rotatable bonds is 6. The smallest absolute Gasteiger partial charge is 0.0542 e. The van der Waals surface area contributed by atoms with Gasteiger partial charge in [-0.3, -0.25) is 0 Å². The molecular weight excluding hydrogens is 677 g/mol. The third-order valence-corrected chi connectivity index (χ3v) is 11.3. The van der Waals surface area contributed by atoms with Crippen LogP contribution < -0.4 is 4.90 Å². The van der Waals surface area contributed by atoms with Gasteiger partial charge in [0.1, 0.15) is 0 Å². The molecule has 11 rings (SSSR count). The van der Waals surface area contributed by atoms with E-state index < -0.39 is 0 Å². The van der Waals surface area contributed by atoms with Gasteiger partial charge in [0.2, 0.25) is 0 Å². The molecule has 11 aromatic rings. The normalized spacial score (nSPS) is 11.6. The van der Waals surface area contributed by atoms with Gasteiger partial charge in [-0.05, 0) is 121 Å². The molecule has 262 valence electrons. The summed E-state index contributed by atoms with van der Waals surface area (Å²) in [5, 5.41) is 10.1. The Bertz CT molecular complexity index is 3230. The number of anilines is 3. The van der Waals surface area contributed by atoms with E-state index in [9.17, 15) is 0 Å². The molecule has 1 aromatic heterocycles. The molecule has 0 spiro atoms. The van der Waals surface area contributed by atoms with E-state index in [0.29, 0.717) is 0 Å². The van der Waals surface area contributed by atoms with E-state index >= 15 is 0 Å². The zero-order chi connectivity index (χ0) is 37.0. The first-order valence-electron chi connectivity index (χ1n) is 19.3. The van der Waals surface area contributed by atoms with Crippen LogP contribution in [0.5, 0.6) is 0 Å². The lowest BCUT2D eigenvalue weighted by Gasteiger charge is -2.26. The maximum Gasteiger partial charge on any atom is 0.0542 e. The fourth-order valence-corrected chi connectivity index (χ4v) is 8.77. The Balaban J connectivity index is 1.09. The van der Waals surface area contributed by atoms with Gasteiger partial charge in [-0.15, -0.1) is 0 Å². The van der Waals surface area contributed by atoms with Crippen LogP contribution in [0.15, 0.2) is 218 Å². The second-order valence-corrected chi connectivity index (χ2v) is 14.5. The summed E-state index contributed by atoms with van der Waals surface area (Å²) in [7, 11) is 0. The lowest BCUT2D eigenvalue weighted by atomic mass is 9.90. The van der Waals surface area contributed by atoms with E-state index in [1.165, 1.54) is 76.4 Å². The van der Waals surface area contributed by atoms with Gasteiger partial charge in [0, 0.05) is 33.5 Å². The molecule has 0 N–H and O–H groups in total. The zero-order valence-electron chi connectivity index (χ0n) is 30.7. The minimum absolute atomic E-state index is 1.10. The van der Waals surface area contributed by atoms with E-state index in [1.54, 1.807) is 0 Å². The molecule has 0 atom stereocenters. The molecule has 0 bridgehead atoms. The van der Waals surface area contributed by atoms with Crippen LogP contribution in [0, 0.1) is 0 Å². The maximum atomic E-state index is 2.40. The topological polar surface area (TPSA) is 8.17 Å². The molecule has 0 saturated carbocycles. The van der Waals surface area contributed by atoms with Crippen LogP contribution in [-0.2, 0) is 0 Å². The highest BCUT2D eigenvalue weighted by Gasteiger charge is 2.19.